The van der Waals surface area contributed by atoms with Crippen LogP contribution in [0.5, 0.6) is 0 Å². The smallest absolute Gasteiger partial charge is 0.269 e. The Hall–Kier alpha value is -3.33. The maximum absolute atomic E-state index is 13.2. The van der Waals surface area contributed by atoms with Crippen molar-refractivity contribution < 1.29 is 9.18 Å². The molecule has 1 aromatic carbocycles. The van der Waals surface area contributed by atoms with Gasteiger partial charge in [-0.1, -0.05) is 20.3 Å². The first kappa shape index (κ1) is 25.8. The van der Waals surface area contributed by atoms with Gasteiger partial charge in [0.15, 0.2) is 0 Å². The van der Waals surface area contributed by atoms with Crippen LogP contribution in [0.1, 0.15) is 55.3 Å². The zero-order valence-electron chi connectivity index (χ0n) is 21.3. The van der Waals surface area contributed by atoms with Gasteiger partial charge in [-0.2, -0.15) is 0 Å². The van der Waals surface area contributed by atoms with Gasteiger partial charge in [-0.3, -0.25) is 14.2 Å². The first-order valence-corrected chi connectivity index (χ1v) is 12.9. The Morgan fingerprint density at radius 1 is 1.14 bits per heavy atom. The maximum Gasteiger partial charge on any atom is 0.269 e. The summed E-state index contributed by atoms with van der Waals surface area (Å²) in [6.45, 7) is 8.73. The highest BCUT2D eigenvalue weighted by molar-refractivity contribution is 5.92. The summed E-state index contributed by atoms with van der Waals surface area (Å²) >= 11 is 0. The van der Waals surface area contributed by atoms with Gasteiger partial charge >= 0.3 is 0 Å². The average molecular weight is 495 g/mol. The van der Waals surface area contributed by atoms with Crippen molar-refractivity contribution >= 4 is 22.5 Å². The molecule has 2 unspecified atom stereocenters. The minimum Gasteiger partial charge on any atom is -0.368 e. The third-order valence-corrected chi connectivity index (χ3v) is 7.04. The minimum absolute atomic E-state index is 0.0797. The van der Waals surface area contributed by atoms with Crippen LogP contribution in [0.15, 0.2) is 41.3 Å². The van der Waals surface area contributed by atoms with Crippen LogP contribution in [-0.4, -0.2) is 53.7 Å². The van der Waals surface area contributed by atoms with Crippen LogP contribution in [0.4, 0.5) is 10.1 Å². The van der Waals surface area contributed by atoms with E-state index in [4.69, 9.17) is 0 Å². The highest BCUT2D eigenvalue weighted by Gasteiger charge is 2.38. The Morgan fingerprint density at radius 3 is 2.61 bits per heavy atom. The Labute approximate surface area is 210 Å². The standard InChI is InChI=1S/C14H13FN2O.C11H16N4O.C2H6/c15-9-4-5-12-11(6-9)14(18)17-7-8-2-1-3-10(8)13(17)16-12;1-12-11(16)10-3-2-9(8-14-10)15-6-4-13-5-7-15;1-2/h4-6,8,10H,1-3,7H2;2-3,8,13H,4-7H2,1H3,(H,12,16);1-2H3. The van der Waals surface area contributed by atoms with E-state index in [0.29, 0.717) is 28.4 Å². The molecule has 2 atom stereocenters. The number of nitrogens with zero attached hydrogens (tertiary/aromatic N) is 4. The predicted octanol–water partition coefficient (Wildman–Crippen LogP) is 3.31. The number of benzene rings is 1. The largest absolute Gasteiger partial charge is 0.368 e. The molecule has 192 valence electrons. The Kier molecular flexibility index (Phi) is 8.30. The zero-order valence-corrected chi connectivity index (χ0v) is 21.3. The van der Waals surface area contributed by atoms with Gasteiger partial charge in [-0.25, -0.2) is 14.4 Å². The number of hydrogen-bond donors (Lipinski definition) is 2. The number of nitrogens with one attached hydrogen (secondary N) is 2. The summed E-state index contributed by atoms with van der Waals surface area (Å²) in [6, 6.07) is 7.98. The number of anilines is 1. The fourth-order valence-corrected chi connectivity index (χ4v) is 5.26. The Bertz CT molecular complexity index is 1250. The molecular formula is C27H35FN6O2. The number of rotatable bonds is 2. The summed E-state index contributed by atoms with van der Waals surface area (Å²) in [5.41, 5.74) is 2.08. The quantitative estimate of drug-likeness (QED) is 0.568. The van der Waals surface area contributed by atoms with Crippen molar-refractivity contribution in [1.82, 2.24) is 25.2 Å². The lowest BCUT2D eigenvalue weighted by molar-refractivity contribution is 0.0958. The molecule has 9 heteroatoms. The molecule has 4 heterocycles. The van der Waals surface area contributed by atoms with Gasteiger partial charge in [0.25, 0.3) is 11.5 Å². The van der Waals surface area contributed by atoms with Gasteiger partial charge in [0.05, 0.1) is 22.8 Å². The highest BCUT2D eigenvalue weighted by atomic mass is 19.1. The van der Waals surface area contributed by atoms with Crippen molar-refractivity contribution in [1.29, 1.82) is 0 Å². The molecule has 6 rings (SSSR count). The molecule has 1 saturated carbocycles. The number of piperazine rings is 1. The Balaban J connectivity index is 0.000000160. The van der Waals surface area contributed by atoms with Crippen LogP contribution >= 0.6 is 0 Å². The van der Waals surface area contributed by atoms with Crippen molar-refractivity contribution in [2.24, 2.45) is 5.92 Å². The number of halogens is 1. The number of amides is 1. The summed E-state index contributed by atoms with van der Waals surface area (Å²) < 4.78 is 15.0. The van der Waals surface area contributed by atoms with E-state index in [2.05, 4.69) is 25.5 Å². The second kappa shape index (κ2) is 11.6. The second-order valence-corrected chi connectivity index (χ2v) is 9.06. The van der Waals surface area contributed by atoms with Crippen LogP contribution in [0, 0.1) is 11.7 Å². The summed E-state index contributed by atoms with van der Waals surface area (Å²) in [5, 5.41) is 6.25. The number of carbonyl (C=O) groups is 1. The molecule has 2 N–H and O–H groups in total. The van der Waals surface area contributed by atoms with Crippen molar-refractivity contribution in [2.45, 2.75) is 45.6 Å². The van der Waals surface area contributed by atoms with Gasteiger partial charge in [0, 0.05) is 45.7 Å². The first-order valence-electron chi connectivity index (χ1n) is 12.9. The van der Waals surface area contributed by atoms with E-state index in [-0.39, 0.29) is 17.3 Å². The fourth-order valence-electron chi connectivity index (χ4n) is 5.26. The third-order valence-electron chi connectivity index (χ3n) is 7.04. The molecule has 1 amide bonds. The number of aromatic nitrogens is 3. The molecular weight excluding hydrogens is 459 g/mol. The van der Waals surface area contributed by atoms with Gasteiger partial charge in [-0.05, 0) is 49.1 Å². The molecule has 3 aliphatic rings. The highest BCUT2D eigenvalue weighted by Crippen LogP contribution is 2.43. The number of pyridine rings is 1. The lowest BCUT2D eigenvalue weighted by Crippen LogP contribution is -2.43. The van der Waals surface area contributed by atoms with E-state index in [1.807, 2.05) is 19.9 Å². The van der Waals surface area contributed by atoms with Crippen molar-refractivity contribution in [3.05, 3.63) is 64.2 Å². The fraction of sp³-hybridized carbons (Fsp3) is 0.481. The van der Waals surface area contributed by atoms with Gasteiger partial charge in [0.2, 0.25) is 0 Å². The van der Waals surface area contributed by atoms with Gasteiger partial charge in [-0.15, -0.1) is 0 Å². The lowest BCUT2D eigenvalue weighted by atomic mass is 9.99. The zero-order chi connectivity index (χ0) is 25.7. The molecule has 3 aromatic rings. The number of hydrogen-bond acceptors (Lipinski definition) is 6. The van der Waals surface area contributed by atoms with E-state index >= 15 is 0 Å². The monoisotopic (exact) mass is 494 g/mol. The van der Waals surface area contributed by atoms with Crippen molar-refractivity contribution in [3.8, 4) is 0 Å². The molecule has 2 fully saturated rings. The van der Waals surface area contributed by atoms with Crippen molar-refractivity contribution in [2.75, 3.05) is 38.1 Å². The SMILES string of the molecule is CC.CNC(=O)c1ccc(N2CCNCC2)cn1.O=c1c2cc(F)ccc2nc2n1CC1CCCC21. The van der Waals surface area contributed by atoms with E-state index in [1.54, 1.807) is 29.9 Å². The van der Waals surface area contributed by atoms with Crippen LogP contribution in [-0.2, 0) is 6.54 Å². The molecule has 1 saturated heterocycles. The molecule has 36 heavy (non-hydrogen) atoms. The van der Waals surface area contributed by atoms with Gasteiger partial charge < -0.3 is 15.5 Å². The molecule has 2 aromatic heterocycles. The first-order chi connectivity index (χ1) is 17.5. The van der Waals surface area contributed by atoms with Gasteiger partial charge in [0.1, 0.15) is 17.3 Å². The molecule has 8 nitrogen and oxygen atoms in total. The second-order valence-electron chi connectivity index (χ2n) is 9.06. The van der Waals surface area contributed by atoms with E-state index in [9.17, 15) is 14.0 Å². The van der Waals surface area contributed by atoms with Crippen LogP contribution in [0.2, 0.25) is 0 Å². The molecule has 0 radical (unpaired) electrons. The summed E-state index contributed by atoms with van der Waals surface area (Å²) in [6.07, 6.45) is 5.30. The van der Waals surface area contributed by atoms with Crippen LogP contribution < -0.4 is 21.1 Å². The van der Waals surface area contributed by atoms with Crippen molar-refractivity contribution in [3.63, 3.8) is 0 Å². The summed E-state index contributed by atoms with van der Waals surface area (Å²) in [4.78, 5) is 34.7. The molecule has 0 spiro atoms. The predicted molar refractivity (Wildman–Crippen MR) is 140 cm³/mol. The molecule has 1 aliphatic carbocycles. The van der Waals surface area contributed by atoms with E-state index in [0.717, 1.165) is 50.7 Å². The van der Waals surface area contributed by atoms with E-state index in [1.165, 1.54) is 25.0 Å². The minimum atomic E-state index is -0.375. The molecule has 0 bridgehead atoms. The van der Waals surface area contributed by atoms with E-state index < -0.39 is 0 Å². The lowest BCUT2D eigenvalue weighted by Gasteiger charge is -2.29. The maximum atomic E-state index is 13.2. The number of carbonyl (C=O) groups excluding carboxylic acids is 1. The molecule has 2 aliphatic heterocycles. The average Bonchev–Trinajstić information content (AvgIpc) is 3.53. The van der Waals surface area contributed by atoms with Crippen LogP contribution in [0.25, 0.3) is 10.9 Å². The van der Waals surface area contributed by atoms with Crippen LogP contribution in [0.3, 0.4) is 0 Å². The normalized spacial score (nSPS) is 19.9. The summed E-state index contributed by atoms with van der Waals surface area (Å²) in [5.74, 6) is 1.40. The third kappa shape index (κ3) is 5.26. The summed E-state index contributed by atoms with van der Waals surface area (Å²) in [7, 11) is 1.61. The number of fused-ring (bicyclic) bond motifs is 4. The Morgan fingerprint density at radius 2 is 1.92 bits per heavy atom. The topological polar surface area (TPSA) is 92.2 Å².